The van der Waals surface area contributed by atoms with Crippen LogP contribution in [0.1, 0.15) is 12.0 Å². The van der Waals surface area contributed by atoms with Crippen molar-refractivity contribution in [1.82, 2.24) is 5.32 Å². The Bertz CT molecular complexity index is 572. The third-order valence-electron chi connectivity index (χ3n) is 3.42. The molecule has 0 bridgehead atoms. The summed E-state index contributed by atoms with van der Waals surface area (Å²) in [7, 11) is 0. The second kappa shape index (κ2) is 7.50. The molecule has 0 radical (unpaired) electrons. The molecule has 23 heavy (non-hydrogen) atoms. The lowest BCUT2D eigenvalue weighted by Crippen LogP contribution is -2.34. The van der Waals surface area contributed by atoms with Crippen molar-refractivity contribution < 1.29 is 27.8 Å². The molecule has 7 heteroatoms. The SMILES string of the molecule is O=C(Cc1cccc(OCC(F)(F)F)c1)N[C@@H]1C=C[C@H](CO)C1. The number of nitrogens with one attached hydrogen (secondary N) is 1. The molecule has 0 saturated heterocycles. The van der Waals surface area contributed by atoms with Crippen LogP contribution in [0.2, 0.25) is 0 Å². The zero-order valence-corrected chi connectivity index (χ0v) is 12.3. The zero-order valence-electron chi connectivity index (χ0n) is 12.3. The molecule has 4 nitrogen and oxygen atoms in total. The van der Waals surface area contributed by atoms with Gasteiger partial charge in [-0.1, -0.05) is 24.3 Å². The van der Waals surface area contributed by atoms with E-state index in [4.69, 9.17) is 5.11 Å². The van der Waals surface area contributed by atoms with Crippen molar-refractivity contribution in [2.24, 2.45) is 5.92 Å². The van der Waals surface area contributed by atoms with Crippen molar-refractivity contribution in [2.45, 2.75) is 25.1 Å². The Balaban J connectivity index is 1.85. The molecule has 0 fully saturated rings. The van der Waals surface area contributed by atoms with Crippen LogP contribution in [-0.4, -0.2) is 36.4 Å². The smallest absolute Gasteiger partial charge is 0.422 e. The number of aliphatic hydroxyl groups is 1. The van der Waals surface area contributed by atoms with Crippen LogP contribution in [0.25, 0.3) is 0 Å². The monoisotopic (exact) mass is 329 g/mol. The highest BCUT2D eigenvalue weighted by molar-refractivity contribution is 5.79. The molecule has 1 aromatic carbocycles. The van der Waals surface area contributed by atoms with Gasteiger partial charge in [-0.3, -0.25) is 4.79 Å². The molecule has 0 spiro atoms. The molecule has 1 aliphatic rings. The van der Waals surface area contributed by atoms with Gasteiger partial charge in [0.05, 0.1) is 6.42 Å². The summed E-state index contributed by atoms with van der Waals surface area (Å²) in [4.78, 5) is 12.0. The average Bonchev–Trinajstić information content (AvgIpc) is 2.92. The number of halogens is 3. The Labute approximate surface area is 132 Å². The minimum atomic E-state index is -4.40. The van der Waals surface area contributed by atoms with Gasteiger partial charge in [0.1, 0.15) is 5.75 Å². The molecule has 0 aliphatic heterocycles. The highest BCUT2D eigenvalue weighted by Gasteiger charge is 2.28. The summed E-state index contributed by atoms with van der Waals surface area (Å²) >= 11 is 0. The highest BCUT2D eigenvalue weighted by atomic mass is 19.4. The van der Waals surface area contributed by atoms with E-state index >= 15 is 0 Å². The third-order valence-corrected chi connectivity index (χ3v) is 3.42. The van der Waals surface area contributed by atoms with E-state index in [1.54, 1.807) is 12.1 Å². The first-order valence-corrected chi connectivity index (χ1v) is 7.23. The van der Waals surface area contributed by atoms with Crippen molar-refractivity contribution in [3.63, 3.8) is 0 Å². The first-order chi connectivity index (χ1) is 10.9. The number of hydrogen-bond donors (Lipinski definition) is 2. The first-order valence-electron chi connectivity index (χ1n) is 7.23. The maximum atomic E-state index is 12.1. The number of rotatable bonds is 6. The van der Waals surface area contributed by atoms with Crippen LogP contribution in [0.5, 0.6) is 5.75 Å². The predicted molar refractivity (Wildman–Crippen MR) is 78.0 cm³/mol. The van der Waals surface area contributed by atoms with Gasteiger partial charge in [0, 0.05) is 18.6 Å². The van der Waals surface area contributed by atoms with Gasteiger partial charge in [-0.2, -0.15) is 13.2 Å². The largest absolute Gasteiger partial charge is 0.484 e. The van der Waals surface area contributed by atoms with E-state index in [0.29, 0.717) is 12.0 Å². The summed E-state index contributed by atoms with van der Waals surface area (Å²) < 4.78 is 41.0. The van der Waals surface area contributed by atoms with E-state index in [-0.39, 0.29) is 36.6 Å². The van der Waals surface area contributed by atoms with E-state index < -0.39 is 12.8 Å². The molecule has 2 N–H and O–H groups in total. The number of aliphatic hydroxyl groups excluding tert-OH is 1. The number of amides is 1. The van der Waals surface area contributed by atoms with Crippen molar-refractivity contribution in [3.8, 4) is 5.75 Å². The summed E-state index contributed by atoms with van der Waals surface area (Å²) in [5, 5.41) is 11.8. The summed E-state index contributed by atoms with van der Waals surface area (Å²) in [6, 6.07) is 5.92. The van der Waals surface area contributed by atoms with E-state index in [1.165, 1.54) is 12.1 Å². The lowest BCUT2D eigenvalue weighted by atomic mass is 10.1. The molecule has 126 valence electrons. The maximum absolute atomic E-state index is 12.1. The topological polar surface area (TPSA) is 58.6 Å². The lowest BCUT2D eigenvalue weighted by Gasteiger charge is -2.13. The summed E-state index contributed by atoms with van der Waals surface area (Å²) in [6.45, 7) is -1.32. The molecule has 0 heterocycles. The fourth-order valence-electron chi connectivity index (χ4n) is 2.37. The molecule has 2 rings (SSSR count). The molecule has 1 amide bonds. The normalized spacial score (nSPS) is 20.5. The van der Waals surface area contributed by atoms with Crippen LogP contribution in [0.3, 0.4) is 0 Å². The number of alkyl halides is 3. The Hall–Kier alpha value is -2.02. The van der Waals surface area contributed by atoms with Crippen LogP contribution in [-0.2, 0) is 11.2 Å². The zero-order chi connectivity index (χ0) is 16.9. The van der Waals surface area contributed by atoms with E-state index in [0.717, 1.165) is 0 Å². The van der Waals surface area contributed by atoms with Gasteiger partial charge in [0.2, 0.25) is 5.91 Å². The standard InChI is InChI=1S/C16H18F3NO3/c17-16(18,19)10-23-14-3-1-2-11(7-14)8-15(22)20-13-5-4-12(6-13)9-21/h1-5,7,12-13,21H,6,8-10H2,(H,20,22)/t12-,13+/m0/s1. The van der Waals surface area contributed by atoms with Gasteiger partial charge in [0.15, 0.2) is 6.61 Å². The van der Waals surface area contributed by atoms with E-state index in [1.807, 2.05) is 12.2 Å². The van der Waals surface area contributed by atoms with Gasteiger partial charge in [-0.25, -0.2) is 0 Å². The quantitative estimate of drug-likeness (QED) is 0.787. The summed E-state index contributed by atoms with van der Waals surface area (Å²) in [6.07, 6.45) is -0.00203. The van der Waals surface area contributed by atoms with Crippen molar-refractivity contribution >= 4 is 5.91 Å². The van der Waals surface area contributed by atoms with E-state index in [9.17, 15) is 18.0 Å². The van der Waals surface area contributed by atoms with Crippen LogP contribution in [0.15, 0.2) is 36.4 Å². The molecule has 0 saturated carbocycles. The molecular weight excluding hydrogens is 311 g/mol. The second-order valence-corrected chi connectivity index (χ2v) is 5.47. The van der Waals surface area contributed by atoms with Gasteiger partial charge in [-0.15, -0.1) is 0 Å². The number of ether oxygens (including phenoxy) is 1. The molecule has 0 unspecified atom stereocenters. The molecule has 0 aromatic heterocycles. The van der Waals surface area contributed by atoms with Crippen molar-refractivity contribution in [3.05, 3.63) is 42.0 Å². The van der Waals surface area contributed by atoms with Gasteiger partial charge >= 0.3 is 6.18 Å². The average molecular weight is 329 g/mol. The Morgan fingerprint density at radius 2 is 2.13 bits per heavy atom. The Morgan fingerprint density at radius 1 is 1.35 bits per heavy atom. The fourth-order valence-corrected chi connectivity index (χ4v) is 2.37. The minimum absolute atomic E-state index is 0.0431. The van der Waals surface area contributed by atoms with Gasteiger partial charge < -0.3 is 15.2 Å². The number of carbonyl (C=O) groups excluding carboxylic acids is 1. The lowest BCUT2D eigenvalue weighted by molar-refractivity contribution is -0.153. The first kappa shape index (κ1) is 17.3. The summed E-state index contributed by atoms with van der Waals surface area (Å²) in [5.74, 6) is -0.0978. The molecular formula is C16H18F3NO3. The van der Waals surface area contributed by atoms with E-state index in [2.05, 4.69) is 10.1 Å². The van der Waals surface area contributed by atoms with Crippen LogP contribution in [0, 0.1) is 5.92 Å². The summed E-state index contributed by atoms with van der Waals surface area (Å²) in [5.41, 5.74) is 0.572. The van der Waals surface area contributed by atoms with Gasteiger partial charge in [0.25, 0.3) is 0 Å². The molecule has 1 aliphatic carbocycles. The Morgan fingerprint density at radius 3 is 2.78 bits per heavy atom. The Kier molecular flexibility index (Phi) is 5.65. The number of hydrogen-bond acceptors (Lipinski definition) is 3. The van der Waals surface area contributed by atoms with Crippen LogP contribution < -0.4 is 10.1 Å². The second-order valence-electron chi connectivity index (χ2n) is 5.47. The van der Waals surface area contributed by atoms with Gasteiger partial charge in [-0.05, 0) is 24.1 Å². The molecule has 2 atom stereocenters. The van der Waals surface area contributed by atoms with Crippen LogP contribution >= 0.6 is 0 Å². The number of carbonyl (C=O) groups is 1. The highest BCUT2D eigenvalue weighted by Crippen LogP contribution is 2.20. The fraction of sp³-hybridized carbons (Fsp3) is 0.438. The van der Waals surface area contributed by atoms with Crippen molar-refractivity contribution in [1.29, 1.82) is 0 Å². The maximum Gasteiger partial charge on any atom is 0.422 e. The predicted octanol–water partition coefficient (Wildman–Crippen LogP) is 2.22. The molecule has 1 aromatic rings. The van der Waals surface area contributed by atoms with Crippen molar-refractivity contribution in [2.75, 3.05) is 13.2 Å². The minimum Gasteiger partial charge on any atom is -0.484 e. The van der Waals surface area contributed by atoms with Crippen LogP contribution in [0.4, 0.5) is 13.2 Å². The third kappa shape index (κ3) is 5.94. The number of benzene rings is 1.